The number of benzene rings is 2. The Balaban J connectivity index is 1.76. The summed E-state index contributed by atoms with van der Waals surface area (Å²) in [6.45, 7) is 0.928. The maximum Gasteiger partial charge on any atom is 0.416 e. The molecule has 2 aromatic carbocycles. The minimum Gasteiger partial charge on any atom is -0.472 e. The molecule has 1 heterocycles. The van der Waals surface area contributed by atoms with Gasteiger partial charge in [-0.3, -0.25) is 5.01 Å². The minimum absolute atomic E-state index is 0.390. The molecule has 0 amide bonds. The van der Waals surface area contributed by atoms with E-state index in [9.17, 15) is 13.2 Å². The number of rotatable bonds is 6. The molecule has 3 nitrogen and oxygen atoms in total. The van der Waals surface area contributed by atoms with Gasteiger partial charge in [0.1, 0.15) is 0 Å². The lowest BCUT2D eigenvalue weighted by Crippen LogP contribution is -2.17. The highest BCUT2D eigenvalue weighted by molar-refractivity contribution is 5.78. The van der Waals surface area contributed by atoms with Crippen LogP contribution in [0.25, 0.3) is 0 Å². The van der Waals surface area contributed by atoms with Crippen LogP contribution in [-0.2, 0) is 19.3 Å². The van der Waals surface area contributed by atoms with Crippen LogP contribution in [0.2, 0.25) is 0 Å². The Morgan fingerprint density at radius 3 is 2.12 bits per heavy atom. The molecule has 6 heteroatoms. The van der Waals surface area contributed by atoms with Crippen LogP contribution in [0.15, 0.2) is 82.7 Å². The molecule has 134 valence electrons. The van der Waals surface area contributed by atoms with Crippen LogP contribution in [0.3, 0.4) is 0 Å². The van der Waals surface area contributed by atoms with Crippen molar-refractivity contribution in [3.8, 4) is 0 Å². The summed E-state index contributed by atoms with van der Waals surface area (Å²) in [4.78, 5) is 0. The highest BCUT2D eigenvalue weighted by Crippen LogP contribution is 2.29. The van der Waals surface area contributed by atoms with Crippen LogP contribution >= 0.6 is 0 Å². The summed E-state index contributed by atoms with van der Waals surface area (Å²) in [5.41, 5.74) is 1.97. The summed E-state index contributed by atoms with van der Waals surface area (Å²) >= 11 is 0. The molecule has 0 aliphatic carbocycles. The Bertz CT molecular complexity index is 826. The number of furan rings is 1. The average Bonchev–Trinajstić information content (AvgIpc) is 3.14. The second kappa shape index (κ2) is 7.91. The van der Waals surface area contributed by atoms with Gasteiger partial charge in [0.15, 0.2) is 0 Å². The first-order chi connectivity index (χ1) is 12.5. The maximum absolute atomic E-state index is 12.7. The van der Waals surface area contributed by atoms with E-state index in [-0.39, 0.29) is 0 Å². The summed E-state index contributed by atoms with van der Waals surface area (Å²) in [6.07, 6.45) is 0.458. The number of hydrogen-bond acceptors (Lipinski definition) is 3. The maximum atomic E-state index is 12.7. The van der Waals surface area contributed by atoms with Crippen LogP contribution in [-0.4, -0.2) is 11.2 Å². The topological polar surface area (TPSA) is 28.7 Å². The number of nitrogens with zero attached hydrogens (tertiary/aromatic N) is 2. The van der Waals surface area contributed by atoms with E-state index >= 15 is 0 Å². The number of hydrogen-bond donors (Lipinski definition) is 0. The quantitative estimate of drug-likeness (QED) is 0.440. The zero-order valence-electron chi connectivity index (χ0n) is 13.9. The first-order valence-corrected chi connectivity index (χ1v) is 8.02. The van der Waals surface area contributed by atoms with Gasteiger partial charge < -0.3 is 4.42 Å². The summed E-state index contributed by atoms with van der Waals surface area (Å²) in [5, 5.41) is 6.25. The largest absolute Gasteiger partial charge is 0.472 e. The fourth-order valence-corrected chi connectivity index (χ4v) is 2.44. The smallest absolute Gasteiger partial charge is 0.416 e. The van der Waals surface area contributed by atoms with Crippen molar-refractivity contribution in [1.82, 2.24) is 5.01 Å². The van der Waals surface area contributed by atoms with Crippen molar-refractivity contribution in [3.05, 3.63) is 95.4 Å². The third-order valence-electron chi connectivity index (χ3n) is 3.77. The Morgan fingerprint density at radius 2 is 1.54 bits per heavy atom. The van der Waals surface area contributed by atoms with Gasteiger partial charge in [-0.05, 0) is 29.3 Å². The highest BCUT2D eigenvalue weighted by atomic mass is 19.4. The monoisotopic (exact) mass is 358 g/mol. The van der Waals surface area contributed by atoms with Crippen molar-refractivity contribution in [3.63, 3.8) is 0 Å². The number of hydrazone groups is 1. The summed E-state index contributed by atoms with van der Waals surface area (Å²) in [5.74, 6) is 0. The van der Waals surface area contributed by atoms with Gasteiger partial charge in [0.25, 0.3) is 0 Å². The Morgan fingerprint density at radius 1 is 0.885 bits per heavy atom. The van der Waals surface area contributed by atoms with E-state index in [0.717, 1.165) is 28.8 Å². The van der Waals surface area contributed by atoms with Gasteiger partial charge in [0.2, 0.25) is 0 Å². The number of alkyl halides is 3. The molecule has 0 aliphatic heterocycles. The van der Waals surface area contributed by atoms with E-state index in [0.29, 0.717) is 13.1 Å². The van der Waals surface area contributed by atoms with Crippen molar-refractivity contribution in [2.75, 3.05) is 0 Å². The fourth-order valence-electron chi connectivity index (χ4n) is 2.44. The predicted octanol–water partition coefficient (Wildman–Crippen LogP) is 5.33. The lowest BCUT2D eigenvalue weighted by atomic mass is 10.1. The molecule has 0 unspecified atom stereocenters. The molecule has 0 saturated carbocycles. The van der Waals surface area contributed by atoms with Gasteiger partial charge in [-0.2, -0.15) is 18.3 Å². The van der Waals surface area contributed by atoms with Gasteiger partial charge in [0, 0.05) is 5.56 Å². The van der Waals surface area contributed by atoms with Gasteiger partial charge in [-0.25, -0.2) is 0 Å². The van der Waals surface area contributed by atoms with Crippen LogP contribution in [0, 0.1) is 0 Å². The summed E-state index contributed by atoms with van der Waals surface area (Å²) in [7, 11) is 0. The van der Waals surface area contributed by atoms with E-state index < -0.39 is 11.7 Å². The van der Waals surface area contributed by atoms with Crippen molar-refractivity contribution >= 4 is 6.21 Å². The molecule has 0 aliphatic rings. The Labute approximate surface area is 149 Å². The second-order valence-corrected chi connectivity index (χ2v) is 5.80. The van der Waals surface area contributed by atoms with Crippen molar-refractivity contribution in [2.45, 2.75) is 19.3 Å². The molecule has 0 fully saturated rings. The lowest BCUT2D eigenvalue weighted by Gasteiger charge is -2.19. The van der Waals surface area contributed by atoms with Crippen LogP contribution in [0.4, 0.5) is 13.2 Å². The SMILES string of the molecule is FC(F)(F)c1ccc(CN(Cc2ccccc2)N=Cc2ccoc2)cc1. The molecule has 0 saturated heterocycles. The Kier molecular flexibility index (Phi) is 5.41. The highest BCUT2D eigenvalue weighted by Gasteiger charge is 2.29. The van der Waals surface area contributed by atoms with Gasteiger partial charge in [-0.15, -0.1) is 0 Å². The van der Waals surface area contributed by atoms with E-state index in [2.05, 4.69) is 5.10 Å². The molecule has 3 rings (SSSR count). The van der Waals surface area contributed by atoms with Gasteiger partial charge >= 0.3 is 6.18 Å². The first kappa shape index (κ1) is 17.8. The Hall–Kier alpha value is -3.02. The summed E-state index contributed by atoms with van der Waals surface area (Å²) < 4.78 is 43.1. The molecule has 0 bridgehead atoms. The standard InChI is InChI=1S/C20H17F3N2O/c21-20(22,23)19-8-6-17(7-9-19)14-25(13-16-4-2-1-3-5-16)24-12-18-10-11-26-15-18/h1-12,15H,13-14H2. The van der Waals surface area contributed by atoms with Crippen molar-refractivity contribution < 1.29 is 17.6 Å². The van der Waals surface area contributed by atoms with Crippen LogP contribution in [0.1, 0.15) is 22.3 Å². The average molecular weight is 358 g/mol. The first-order valence-electron chi connectivity index (χ1n) is 8.02. The van der Waals surface area contributed by atoms with Crippen molar-refractivity contribution in [2.24, 2.45) is 5.10 Å². The molecular weight excluding hydrogens is 341 g/mol. The van der Waals surface area contributed by atoms with E-state index in [1.165, 1.54) is 12.1 Å². The normalized spacial score (nSPS) is 11.8. The predicted molar refractivity (Wildman–Crippen MR) is 93.4 cm³/mol. The molecule has 0 spiro atoms. The van der Waals surface area contributed by atoms with E-state index in [4.69, 9.17) is 4.42 Å². The van der Waals surface area contributed by atoms with Gasteiger partial charge in [-0.1, -0.05) is 42.5 Å². The van der Waals surface area contributed by atoms with Crippen LogP contribution < -0.4 is 0 Å². The van der Waals surface area contributed by atoms with Crippen LogP contribution in [0.5, 0.6) is 0 Å². The fraction of sp³-hybridized carbons (Fsp3) is 0.150. The third-order valence-corrected chi connectivity index (χ3v) is 3.77. The van der Waals surface area contributed by atoms with Crippen molar-refractivity contribution in [1.29, 1.82) is 0 Å². The molecule has 0 atom stereocenters. The van der Waals surface area contributed by atoms with E-state index in [1.54, 1.807) is 29.8 Å². The third kappa shape index (κ3) is 4.99. The minimum atomic E-state index is -4.33. The molecule has 26 heavy (non-hydrogen) atoms. The molecular formula is C20H17F3N2O. The van der Waals surface area contributed by atoms with E-state index in [1.807, 2.05) is 30.3 Å². The summed E-state index contributed by atoms with van der Waals surface area (Å²) in [6, 6.07) is 16.7. The molecule has 0 radical (unpaired) electrons. The second-order valence-electron chi connectivity index (χ2n) is 5.80. The number of halogens is 3. The lowest BCUT2D eigenvalue weighted by molar-refractivity contribution is -0.137. The zero-order chi connectivity index (χ0) is 18.4. The molecule has 0 N–H and O–H groups in total. The zero-order valence-corrected chi connectivity index (χ0v) is 13.9. The van der Waals surface area contributed by atoms with Gasteiger partial charge in [0.05, 0.1) is 37.4 Å². The molecule has 3 aromatic rings. The molecule has 1 aromatic heterocycles.